The molecule has 0 saturated heterocycles. The van der Waals surface area contributed by atoms with Crippen LogP contribution in [0.5, 0.6) is 0 Å². The van der Waals surface area contributed by atoms with Crippen molar-refractivity contribution in [1.29, 1.82) is 0 Å². The van der Waals surface area contributed by atoms with Gasteiger partial charge in [-0.1, -0.05) is 11.6 Å². The quantitative estimate of drug-likeness (QED) is 0.613. The molecule has 0 unspecified atom stereocenters. The van der Waals surface area contributed by atoms with Gasteiger partial charge in [-0.05, 0) is 19.3 Å². The summed E-state index contributed by atoms with van der Waals surface area (Å²) < 4.78 is 0. The highest BCUT2D eigenvalue weighted by Gasteiger charge is 2.18. The predicted octanol–water partition coefficient (Wildman–Crippen LogP) is 2.67. The van der Waals surface area contributed by atoms with Crippen molar-refractivity contribution in [1.82, 2.24) is 4.98 Å². The van der Waals surface area contributed by atoms with E-state index in [1.165, 1.54) is 19.3 Å². The number of hydrogen-bond donors (Lipinski definition) is 2. The van der Waals surface area contributed by atoms with Crippen LogP contribution >= 0.6 is 11.6 Å². The first-order valence-corrected chi connectivity index (χ1v) is 5.38. The van der Waals surface area contributed by atoms with E-state index in [9.17, 15) is 0 Å². The van der Waals surface area contributed by atoms with Gasteiger partial charge in [0.15, 0.2) is 0 Å². The standard InChI is InChI=1S/C10H14ClN3O/c1-15-14-9-6-12-10(11)5-8(9)13-7-3-2-4-7/h5-7,14H,2-4H2,1H3,(H,12,13). The molecular weight excluding hydrogens is 214 g/mol. The van der Waals surface area contributed by atoms with Gasteiger partial charge in [-0.15, -0.1) is 0 Å². The summed E-state index contributed by atoms with van der Waals surface area (Å²) in [5.41, 5.74) is 4.53. The fourth-order valence-electron chi connectivity index (χ4n) is 1.51. The molecule has 15 heavy (non-hydrogen) atoms. The van der Waals surface area contributed by atoms with Crippen LogP contribution in [0.2, 0.25) is 5.15 Å². The zero-order valence-corrected chi connectivity index (χ0v) is 9.34. The molecule has 1 aromatic rings. The third-order valence-electron chi connectivity index (χ3n) is 2.55. The zero-order valence-electron chi connectivity index (χ0n) is 8.59. The third-order valence-corrected chi connectivity index (χ3v) is 2.75. The van der Waals surface area contributed by atoms with Gasteiger partial charge in [-0.25, -0.2) is 4.98 Å². The first-order chi connectivity index (χ1) is 7.29. The molecule has 0 aromatic carbocycles. The van der Waals surface area contributed by atoms with Gasteiger partial charge in [-0.3, -0.25) is 10.3 Å². The van der Waals surface area contributed by atoms with Crippen LogP contribution in [-0.2, 0) is 4.84 Å². The molecule has 0 bridgehead atoms. The van der Waals surface area contributed by atoms with Crippen LogP contribution in [-0.4, -0.2) is 18.1 Å². The van der Waals surface area contributed by atoms with E-state index in [-0.39, 0.29) is 0 Å². The number of aromatic nitrogens is 1. The summed E-state index contributed by atoms with van der Waals surface area (Å²) in [4.78, 5) is 8.86. The van der Waals surface area contributed by atoms with Crippen LogP contribution in [0.3, 0.4) is 0 Å². The van der Waals surface area contributed by atoms with Gasteiger partial charge >= 0.3 is 0 Å². The Hall–Kier alpha value is -1.00. The number of nitrogens with one attached hydrogen (secondary N) is 2. The van der Waals surface area contributed by atoms with E-state index in [2.05, 4.69) is 15.8 Å². The highest BCUT2D eigenvalue weighted by Crippen LogP contribution is 2.29. The van der Waals surface area contributed by atoms with E-state index < -0.39 is 0 Å². The Bertz CT molecular complexity index is 341. The molecule has 1 saturated carbocycles. The molecule has 0 radical (unpaired) electrons. The summed E-state index contributed by atoms with van der Waals surface area (Å²) in [5, 5.41) is 3.89. The molecule has 82 valence electrons. The van der Waals surface area contributed by atoms with Crippen molar-refractivity contribution in [2.45, 2.75) is 25.3 Å². The molecule has 1 aliphatic rings. The average molecular weight is 228 g/mol. The van der Waals surface area contributed by atoms with E-state index in [1.807, 2.05) is 0 Å². The maximum absolute atomic E-state index is 5.84. The SMILES string of the molecule is CONc1cnc(Cl)cc1NC1CCC1. The largest absolute Gasteiger partial charge is 0.380 e. The van der Waals surface area contributed by atoms with Crippen LogP contribution in [0.4, 0.5) is 11.4 Å². The molecule has 1 heterocycles. The average Bonchev–Trinajstić information content (AvgIpc) is 2.16. The maximum Gasteiger partial charge on any atom is 0.131 e. The number of nitrogens with zero attached hydrogens (tertiary/aromatic N) is 1. The highest BCUT2D eigenvalue weighted by atomic mass is 35.5. The summed E-state index contributed by atoms with van der Waals surface area (Å²) >= 11 is 5.84. The van der Waals surface area contributed by atoms with Gasteiger partial charge in [0.25, 0.3) is 0 Å². The normalized spacial score (nSPS) is 15.9. The number of rotatable bonds is 4. The summed E-state index contributed by atoms with van der Waals surface area (Å²) in [6, 6.07) is 2.36. The molecule has 1 aliphatic carbocycles. The number of anilines is 2. The van der Waals surface area contributed by atoms with E-state index in [0.717, 1.165) is 11.4 Å². The van der Waals surface area contributed by atoms with Gasteiger partial charge in [0.1, 0.15) is 10.8 Å². The van der Waals surface area contributed by atoms with Crippen molar-refractivity contribution in [2.75, 3.05) is 17.9 Å². The minimum atomic E-state index is 0.485. The second-order valence-electron chi connectivity index (χ2n) is 3.63. The van der Waals surface area contributed by atoms with Crippen LogP contribution < -0.4 is 10.8 Å². The second-order valence-corrected chi connectivity index (χ2v) is 4.02. The lowest BCUT2D eigenvalue weighted by molar-refractivity contribution is 0.271. The van der Waals surface area contributed by atoms with Crippen molar-refractivity contribution in [3.05, 3.63) is 17.4 Å². The lowest BCUT2D eigenvalue weighted by Crippen LogP contribution is -2.27. The molecule has 5 heteroatoms. The number of pyridine rings is 1. The Labute approximate surface area is 93.9 Å². The fraction of sp³-hybridized carbons (Fsp3) is 0.500. The first kappa shape index (κ1) is 10.5. The van der Waals surface area contributed by atoms with Gasteiger partial charge in [0.2, 0.25) is 0 Å². The Morgan fingerprint density at radius 3 is 2.87 bits per heavy atom. The lowest BCUT2D eigenvalue weighted by Gasteiger charge is -2.28. The van der Waals surface area contributed by atoms with E-state index >= 15 is 0 Å². The van der Waals surface area contributed by atoms with E-state index in [4.69, 9.17) is 16.4 Å². The van der Waals surface area contributed by atoms with Crippen LogP contribution in [0, 0.1) is 0 Å². The van der Waals surface area contributed by atoms with Crippen molar-refractivity contribution in [3.8, 4) is 0 Å². The van der Waals surface area contributed by atoms with Crippen LogP contribution in [0.15, 0.2) is 12.3 Å². The number of hydrogen-bond acceptors (Lipinski definition) is 4. The Kier molecular flexibility index (Phi) is 3.28. The summed E-state index contributed by atoms with van der Waals surface area (Å²) in [5.74, 6) is 0. The van der Waals surface area contributed by atoms with Gasteiger partial charge in [-0.2, -0.15) is 0 Å². The zero-order chi connectivity index (χ0) is 10.7. The van der Waals surface area contributed by atoms with Crippen LogP contribution in [0.25, 0.3) is 0 Å². The molecule has 2 rings (SSSR count). The molecule has 0 aliphatic heterocycles. The molecule has 0 amide bonds. The topological polar surface area (TPSA) is 46.2 Å². The minimum Gasteiger partial charge on any atom is -0.380 e. The fourth-order valence-corrected chi connectivity index (χ4v) is 1.67. The van der Waals surface area contributed by atoms with E-state index in [0.29, 0.717) is 11.2 Å². The van der Waals surface area contributed by atoms with Crippen molar-refractivity contribution >= 4 is 23.0 Å². The van der Waals surface area contributed by atoms with E-state index in [1.54, 1.807) is 19.4 Å². The van der Waals surface area contributed by atoms with Gasteiger partial charge in [0.05, 0.1) is 19.0 Å². The molecular formula is C10H14ClN3O. The lowest BCUT2D eigenvalue weighted by atomic mass is 9.93. The number of halogens is 1. The Morgan fingerprint density at radius 1 is 1.47 bits per heavy atom. The Morgan fingerprint density at radius 2 is 2.27 bits per heavy atom. The van der Waals surface area contributed by atoms with Crippen molar-refractivity contribution < 1.29 is 4.84 Å². The maximum atomic E-state index is 5.84. The third kappa shape index (κ3) is 2.52. The minimum absolute atomic E-state index is 0.485. The van der Waals surface area contributed by atoms with Crippen LogP contribution in [0.1, 0.15) is 19.3 Å². The molecule has 0 atom stereocenters. The molecule has 1 fully saturated rings. The predicted molar refractivity (Wildman–Crippen MR) is 61.1 cm³/mol. The summed E-state index contributed by atoms with van der Waals surface area (Å²) in [6.45, 7) is 0. The monoisotopic (exact) mass is 227 g/mol. The molecule has 4 nitrogen and oxygen atoms in total. The smallest absolute Gasteiger partial charge is 0.131 e. The van der Waals surface area contributed by atoms with Crippen molar-refractivity contribution in [3.63, 3.8) is 0 Å². The highest BCUT2D eigenvalue weighted by molar-refractivity contribution is 6.29. The molecule has 1 aromatic heterocycles. The first-order valence-electron chi connectivity index (χ1n) is 5.00. The Balaban J connectivity index is 2.13. The summed E-state index contributed by atoms with van der Waals surface area (Å²) in [6.07, 6.45) is 5.38. The van der Waals surface area contributed by atoms with Gasteiger partial charge < -0.3 is 5.32 Å². The van der Waals surface area contributed by atoms with Gasteiger partial charge in [0, 0.05) is 12.1 Å². The van der Waals surface area contributed by atoms with Crippen molar-refractivity contribution in [2.24, 2.45) is 0 Å². The summed E-state index contributed by atoms with van der Waals surface area (Å²) in [7, 11) is 1.57. The molecule has 2 N–H and O–H groups in total. The second kappa shape index (κ2) is 4.68. The molecule has 0 spiro atoms.